The number of ether oxygens (including phenoxy) is 1. The van der Waals surface area contributed by atoms with Gasteiger partial charge in [-0.3, -0.25) is 0 Å². The van der Waals surface area contributed by atoms with Gasteiger partial charge in [0.15, 0.2) is 17.3 Å². The van der Waals surface area contributed by atoms with Crippen molar-refractivity contribution in [3.63, 3.8) is 0 Å². The van der Waals surface area contributed by atoms with E-state index in [9.17, 15) is 9.50 Å². The van der Waals surface area contributed by atoms with Crippen LogP contribution in [0.4, 0.5) is 4.39 Å². The summed E-state index contributed by atoms with van der Waals surface area (Å²) in [6.07, 6.45) is 0. The molecular formula is C10H14FNO2. The Bertz CT molecular complexity index is 305. The smallest absolute Gasteiger partial charge is 0.196 e. The van der Waals surface area contributed by atoms with E-state index in [0.717, 1.165) is 0 Å². The molecule has 0 saturated carbocycles. The van der Waals surface area contributed by atoms with Gasteiger partial charge in [0, 0.05) is 0 Å². The fourth-order valence-corrected chi connectivity index (χ4v) is 1.22. The average Bonchev–Trinajstić information content (AvgIpc) is 2.16. The molecule has 1 aromatic carbocycles. The maximum Gasteiger partial charge on any atom is 0.196 e. The molecule has 1 aromatic rings. The lowest BCUT2D eigenvalue weighted by Gasteiger charge is -2.11. The first-order valence-electron chi connectivity index (χ1n) is 4.36. The van der Waals surface area contributed by atoms with Crippen molar-refractivity contribution in [3.05, 3.63) is 23.5 Å². The number of hydrogen-bond donors (Lipinski definition) is 2. The van der Waals surface area contributed by atoms with Crippen LogP contribution in [0.2, 0.25) is 0 Å². The van der Waals surface area contributed by atoms with E-state index < -0.39 is 5.82 Å². The van der Waals surface area contributed by atoms with Crippen LogP contribution in [0.1, 0.15) is 18.4 Å². The Labute approximate surface area is 82.3 Å². The van der Waals surface area contributed by atoms with Crippen molar-refractivity contribution in [1.29, 1.82) is 0 Å². The lowest BCUT2D eigenvalue weighted by atomic mass is 10.0. The molecule has 0 aliphatic carbocycles. The van der Waals surface area contributed by atoms with Crippen molar-refractivity contribution in [1.82, 2.24) is 0 Å². The summed E-state index contributed by atoms with van der Waals surface area (Å²) < 4.78 is 18.0. The van der Waals surface area contributed by atoms with Crippen molar-refractivity contribution in [2.45, 2.75) is 12.8 Å². The molecule has 0 aliphatic rings. The minimum atomic E-state index is -0.567. The zero-order chi connectivity index (χ0) is 10.7. The number of aromatic hydroxyl groups is 1. The van der Waals surface area contributed by atoms with Crippen LogP contribution in [-0.2, 0) is 0 Å². The van der Waals surface area contributed by atoms with E-state index in [2.05, 4.69) is 4.74 Å². The second-order valence-corrected chi connectivity index (χ2v) is 3.19. The van der Waals surface area contributed by atoms with Crippen molar-refractivity contribution in [2.24, 2.45) is 5.73 Å². The molecule has 0 heterocycles. The van der Waals surface area contributed by atoms with Crippen LogP contribution >= 0.6 is 0 Å². The van der Waals surface area contributed by atoms with Gasteiger partial charge in [-0.1, -0.05) is 6.92 Å². The third-order valence-corrected chi connectivity index (χ3v) is 2.17. The first-order chi connectivity index (χ1) is 6.60. The molecule has 0 radical (unpaired) electrons. The SMILES string of the molecule is COc1c(O)cc(C(C)CN)cc1F. The molecular weight excluding hydrogens is 185 g/mol. The molecule has 1 unspecified atom stereocenters. The number of phenols is 1. The highest BCUT2D eigenvalue weighted by atomic mass is 19.1. The van der Waals surface area contributed by atoms with Gasteiger partial charge in [0.1, 0.15) is 0 Å². The Hall–Kier alpha value is -1.29. The molecule has 4 heteroatoms. The Morgan fingerprint density at radius 1 is 1.57 bits per heavy atom. The van der Waals surface area contributed by atoms with E-state index in [1.807, 2.05) is 6.92 Å². The summed E-state index contributed by atoms with van der Waals surface area (Å²) in [5.41, 5.74) is 6.11. The standard InChI is InChI=1S/C10H14FNO2/c1-6(5-12)7-3-8(11)10(14-2)9(13)4-7/h3-4,6,13H,5,12H2,1-2H3. The number of halogens is 1. The lowest BCUT2D eigenvalue weighted by molar-refractivity contribution is 0.350. The van der Waals surface area contributed by atoms with Gasteiger partial charge in [-0.25, -0.2) is 4.39 Å². The van der Waals surface area contributed by atoms with Gasteiger partial charge in [-0.15, -0.1) is 0 Å². The molecule has 3 nitrogen and oxygen atoms in total. The minimum Gasteiger partial charge on any atom is -0.504 e. The largest absolute Gasteiger partial charge is 0.504 e. The predicted octanol–water partition coefficient (Wildman–Crippen LogP) is 1.60. The van der Waals surface area contributed by atoms with Gasteiger partial charge in [0.05, 0.1) is 7.11 Å². The quantitative estimate of drug-likeness (QED) is 0.777. The number of benzene rings is 1. The van der Waals surface area contributed by atoms with Crippen LogP contribution in [0.25, 0.3) is 0 Å². The second kappa shape index (κ2) is 4.28. The molecule has 0 saturated heterocycles. The Balaban J connectivity index is 3.13. The molecule has 1 atom stereocenters. The average molecular weight is 199 g/mol. The van der Waals surface area contributed by atoms with E-state index >= 15 is 0 Å². The lowest BCUT2D eigenvalue weighted by Crippen LogP contribution is -2.09. The van der Waals surface area contributed by atoms with E-state index in [1.54, 1.807) is 0 Å². The zero-order valence-corrected chi connectivity index (χ0v) is 8.25. The highest BCUT2D eigenvalue weighted by Crippen LogP contribution is 2.32. The Morgan fingerprint density at radius 2 is 2.21 bits per heavy atom. The van der Waals surface area contributed by atoms with Gasteiger partial charge in [-0.05, 0) is 30.2 Å². The van der Waals surface area contributed by atoms with Crippen molar-refractivity contribution >= 4 is 0 Å². The molecule has 14 heavy (non-hydrogen) atoms. The molecule has 0 aromatic heterocycles. The van der Waals surface area contributed by atoms with E-state index in [4.69, 9.17) is 5.73 Å². The molecule has 0 aliphatic heterocycles. The minimum absolute atomic E-state index is 0.0151. The molecule has 78 valence electrons. The van der Waals surface area contributed by atoms with E-state index in [1.165, 1.54) is 19.2 Å². The summed E-state index contributed by atoms with van der Waals surface area (Å²) in [6.45, 7) is 2.27. The normalized spacial score (nSPS) is 12.6. The van der Waals surface area contributed by atoms with Crippen LogP contribution in [-0.4, -0.2) is 18.8 Å². The zero-order valence-electron chi connectivity index (χ0n) is 8.25. The van der Waals surface area contributed by atoms with Gasteiger partial charge in [0.2, 0.25) is 0 Å². The molecule has 1 rings (SSSR count). The fraction of sp³-hybridized carbons (Fsp3) is 0.400. The third kappa shape index (κ3) is 1.96. The Kier molecular flexibility index (Phi) is 3.30. The second-order valence-electron chi connectivity index (χ2n) is 3.19. The van der Waals surface area contributed by atoms with Crippen LogP contribution in [0.15, 0.2) is 12.1 Å². The van der Waals surface area contributed by atoms with Crippen molar-refractivity contribution in [3.8, 4) is 11.5 Å². The van der Waals surface area contributed by atoms with E-state index in [-0.39, 0.29) is 17.4 Å². The van der Waals surface area contributed by atoms with Gasteiger partial charge >= 0.3 is 0 Å². The van der Waals surface area contributed by atoms with Crippen molar-refractivity contribution < 1.29 is 14.2 Å². The molecule has 0 spiro atoms. The number of methoxy groups -OCH3 is 1. The van der Waals surface area contributed by atoms with Crippen molar-refractivity contribution in [2.75, 3.05) is 13.7 Å². The summed E-state index contributed by atoms with van der Waals surface area (Å²) in [6, 6.07) is 2.80. The number of rotatable bonds is 3. The summed E-state index contributed by atoms with van der Waals surface area (Å²) in [4.78, 5) is 0. The maximum atomic E-state index is 13.3. The highest BCUT2D eigenvalue weighted by Gasteiger charge is 2.13. The molecule has 0 bridgehead atoms. The molecule has 0 fully saturated rings. The first kappa shape index (κ1) is 10.8. The predicted molar refractivity (Wildman–Crippen MR) is 52.1 cm³/mol. The summed E-state index contributed by atoms with van der Waals surface area (Å²) in [5.74, 6) is -0.870. The van der Waals surface area contributed by atoms with Crippen LogP contribution < -0.4 is 10.5 Å². The van der Waals surface area contributed by atoms with Gasteiger partial charge in [0.25, 0.3) is 0 Å². The fourth-order valence-electron chi connectivity index (χ4n) is 1.22. The van der Waals surface area contributed by atoms with Crippen LogP contribution in [0, 0.1) is 5.82 Å². The maximum absolute atomic E-state index is 13.3. The Morgan fingerprint density at radius 3 is 2.64 bits per heavy atom. The topological polar surface area (TPSA) is 55.5 Å². The van der Waals surface area contributed by atoms with E-state index in [0.29, 0.717) is 12.1 Å². The highest BCUT2D eigenvalue weighted by molar-refractivity contribution is 5.44. The first-order valence-corrected chi connectivity index (χ1v) is 4.36. The monoisotopic (exact) mass is 199 g/mol. The van der Waals surface area contributed by atoms with Gasteiger partial charge in [-0.2, -0.15) is 0 Å². The summed E-state index contributed by atoms with van der Waals surface area (Å²) >= 11 is 0. The number of hydrogen-bond acceptors (Lipinski definition) is 3. The third-order valence-electron chi connectivity index (χ3n) is 2.17. The van der Waals surface area contributed by atoms with Crippen LogP contribution in [0.5, 0.6) is 11.5 Å². The number of nitrogens with two attached hydrogens (primary N) is 1. The van der Waals surface area contributed by atoms with Crippen LogP contribution in [0.3, 0.4) is 0 Å². The molecule has 3 N–H and O–H groups in total. The summed E-state index contributed by atoms with van der Waals surface area (Å²) in [5, 5.41) is 9.41. The number of phenolic OH excluding ortho intramolecular Hbond substituents is 1. The summed E-state index contributed by atoms with van der Waals surface area (Å²) in [7, 11) is 1.31. The molecule has 0 amide bonds. The van der Waals surface area contributed by atoms with Gasteiger partial charge < -0.3 is 15.6 Å².